The van der Waals surface area contributed by atoms with Gasteiger partial charge in [0.1, 0.15) is 12.4 Å². The fourth-order valence-electron chi connectivity index (χ4n) is 3.19. The lowest BCUT2D eigenvalue weighted by Crippen LogP contribution is -2.29. The molecule has 0 amide bonds. The Kier molecular flexibility index (Phi) is 8.21. The minimum Gasteiger partial charge on any atom is -0.489 e. The first-order valence-electron chi connectivity index (χ1n) is 10.5. The lowest BCUT2D eigenvalue weighted by atomic mass is 10.1. The summed E-state index contributed by atoms with van der Waals surface area (Å²) in [4.78, 5) is 16.9. The number of para-hydroxylation sites is 2. The predicted octanol–water partition coefficient (Wildman–Crippen LogP) is 5.10. The van der Waals surface area contributed by atoms with Crippen LogP contribution < -0.4 is 4.74 Å². The molecule has 0 aliphatic rings. The molecule has 1 atom stereocenters. The van der Waals surface area contributed by atoms with Crippen LogP contribution in [0.25, 0.3) is 10.9 Å². The van der Waals surface area contributed by atoms with Gasteiger partial charge < -0.3 is 14.2 Å². The van der Waals surface area contributed by atoms with Crippen LogP contribution in [0.4, 0.5) is 0 Å². The number of hydrogen-bond acceptors (Lipinski definition) is 5. The second-order valence-electron chi connectivity index (χ2n) is 7.10. The molecule has 0 N–H and O–H groups in total. The highest BCUT2D eigenvalue weighted by Crippen LogP contribution is 2.23. The van der Waals surface area contributed by atoms with E-state index in [9.17, 15) is 4.79 Å². The number of unbranched alkanes of at least 4 members (excludes halogenated alkanes) is 1. The molecule has 1 aromatic heterocycles. The topological polar surface area (TPSA) is 57.7 Å². The van der Waals surface area contributed by atoms with E-state index in [0.29, 0.717) is 26.2 Å². The van der Waals surface area contributed by atoms with E-state index in [1.807, 2.05) is 61.7 Å². The Hall–Kier alpha value is -2.92. The number of rotatable bonds is 11. The molecule has 0 aliphatic carbocycles. The van der Waals surface area contributed by atoms with Gasteiger partial charge in [0.05, 0.1) is 12.1 Å². The lowest BCUT2D eigenvalue weighted by Gasteiger charge is -2.18. The molecule has 3 aromatic rings. The van der Waals surface area contributed by atoms with Crippen molar-refractivity contribution >= 4 is 16.9 Å². The molecule has 5 nitrogen and oxygen atoms in total. The number of nitrogens with zero attached hydrogens (tertiary/aromatic N) is 1. The second kappa shape index (κ2) is 11.3. The van der Waals surface area contributed by atoms with E-state index in [-0.39, 0.29) is 5.97 Å². The average molecular weight is 408 g/mol. The van der Waals surface area contributed by atoms with Gasteiger partial charge in [-0.2, -0.15) is 0 Å². The summed E-state index contributed by atoms with van der Waals surface area (Å²) in [7, 11) is 0. The van der Waals surface area contributed by atoms with Gasteiger partial charge in [0.2, 0.25) is 0 Å². The van der Waals surface area contributed by atoms with Crippen LogP contribution in [-0.2, 0) is 27.3 Å². The molecule has 0 bridgehead atoms. The number of hydrogen-bond donors (Lipinski definition) is 0. The van der Waals surface area contributed by atoms with Gasteiger partial charge in [0, 0.05) is 30.2 Å². The summed E-state index contributed by atoms with van der Waals surface area (Å²) < 4.78 is 17.1. The van der Waals surface area contributed by atoms with Crippen LogP contribution in [0.5, 0.6) is 5.75 Å². The fraction of sp³-hybridized carbons (Fsp3) is 0.360. The van der Waals surface area contributed by atoms with Gasteiger partial charge in [0.15, 0.2) is 6.10 Å². The minimum absolute atomic E-state index is 0.321. The number of ether oxygens (including phenoxy) is 3. The van der Waals surface area contributed by atoms with Gasteiger partial charge in [-0.05, 0) is 37.1 Å². The first kappa shape index (κ1) is 21.8. The molecule has 5 heteroatoms. The van der Waals surface area contributed by atoms with Crippen LogP contribution in [-0.4, -0.2) is 30.3 Å². The zero-order valence-electron chi connectivity index (χ0n) is 17.7. The van der Waals surface area contributed by atoms with Crippen molar-refractivity contribution in [3.63, 3.8) is 0 Å². The molecular formula is C25H29NO4. The van der Waals surface area contributed by atoms with Crippen molar-refractivity contribution in [3.05, 3.63) is 71.9 Å². The highest BCUT2D eigenvalue weighted by atomic mass is 16.6. The molecule has 0 saturated carbocycles. The van der Waals surface area contributed by atoms with Gasteiger partial charge >= 0.3 is 5.97 Å². The van der Waals surface area contributed by atoms with E-state index < -0.39 is 6.10 Å². The molecular weight excluding hydrogens is 378 g/mol. The second-order valence-corrected chi connectivity index (χ2v) is 7.10. The summed E-state index contributed by atoms with van der Waals surface area (Å²) >= 11 is 0. The third kappa shape index (κ3) is 6.04. The van der Waals surface area contributed by atoms with Crippen LogP contribution >= 0.6 is 0 Å². The molecule has 1 unspecified atom stereocenters. The number of carbonyl (C=O) groups excluding carboxylic acids is 1. The summed E-state index contributed by atoms with van der Waals surface area (Å²) in [6.45, 7) is 5.20. The molecule has 0 aliphatic heterocycles. The minimum atomic E-state index is -0.640. The first-order valence-corrected chi connectivity index (χ1v) is 10.5. The maximum absolute atomic E-state index is 12.4. The van der Waals surface area contributed by atoms with Crippen molar-refractivity contribution in [3.8, 4) is 5.75 Å². The molecule has 3 rings (SSSR count). The third-order valence-electron chi connectivity index (χ3n) is 4.79. The van der Waals surface area contributed by atoms with Gasteiger partial charge in [-0.25, -0.2) is 4.79 Å². The molecule has 30 heavy (non-hydrogen) atoms. The van der Waals surface area contributed by atoms with E-state index in [1.54, 1.807) is 0 Å². The molecule has 158 valence electrons. The monoisotopic (exact) mass is 407 g/mol. The predicted molar refractivity (Wildman–Crippen MR) is 118 cm³/mol. The van der Waals surface area contributed by atoms with Crippen LogP contribution in [0, 0.1) is 0 Å². The molecule has 0 saturated heterocycles. The third-order valence-corrected chi connectivity index (χ3v) is 4.79. The summed E-state index contributed by atoms with van der Waals surface area (Å²) in [6, 6.07) is 17.8. The molecule has 0 radical (unpaired) electrons. The Morgan fingerprint density at radius 3 is 2.70 bits per heavy atom. The Balaban J connectivity index is 1.68. The van der Waals surface area contributed by atoms with Gasteiger partial charge in [-0.3, -0.25) is 4.98 Å². The standard InChI is InChI=1S/C25H29NO4/c1-3-5-14-29-25(27)24(28-4-2)16-21-11-7-9-13-23(21)30-18-19-15-20-10-6-8-12-22(20)26-17-19/h6-13,15,17,24H,3-5,14,16,18H2,1-2H3. The molecule has 1 heterocycles. The maximum atomic E-state index is 12.4. The largest absolute Gasteiger partial charge is 0.489 e. The summed E-state index contributed by atoms with van der Waals surface area (Å²) in [6.07, 6.45) is 3.43. The number of benzene rings is 2. The fourth-order valence-corrected chi connectivity index (χ4v) is 3.19. The van der Waals surface area contributed by atoms with Crippen LogP contribution in [0.15, 0.2) is 60.8 Å². The number of esters is 1. The molecule has 0 spiro atoms. The maximum Gasteiger partial charge on any atom is 0.335 e. The smallest absolute Gasteiger partial charge is 0.335 e. The molecule has 0 fully saturated rings. The van der Waals surface area contributed by atoms with E-state index in [4.69, 9.17) is 14.2 Å². The summed E-state index contributed by atoms with van der Waals surface area (Å²) in [5.41, 5.74) is 2.86. The Morgan fingerprint density at radius 1 is 1.07 bits per heavy atom. The van der Waals surface area contributed by atoms with Gasteiger partial charge in [0.25, 0.3) is 0 Å². The van der Waals surface area contributed by atoms with E-state index in [0.717, 1.165) is 40.6 Å². The van der Waals surface area contributed by atoms with E-state index in [1.165, 1.54) is 0 Å². The number of fused-ring (bicyclic) bond motifs is 1. The van der Waals surface area contributed by atoms with Crippen molar-refractivity contribution in [2.45, 2.75) is 45.8 Å². The highest BCUT2D eigenvalue weighted by Gasteiger charge is 2.22. The zero-order chi connectivity index (χ0) is 21.2. The Bertz CT molecular complexity index is 957. The quantitative estimate of drug-likeness (QED) is 0.327. The van der Waals surface area contributed by atoms with Crippen molar-refractivity contribution in [1.82, 2.24) is 4.98 Å². The van der Waals surface area contributed by atoms with Crippen molar-refractivity contribution in [2.75, 3.05) is 13.2 Å². The van der Waals surface area contributed by atoms with Crippen LogP contribution in [0.3, 0.4) is 0 Å². The Labute approximate surface area is 178 Å². The normalized spacial score (nSPS) is 11.9. The summed E-state index contributed by atoms with van der Waals surface area (Å²) in [5.74, 6) is 0.413. The highest BCUT2D eigenvalue weighted by molar-refractivity contribution is 5.78. The van der Waals surface area contributed by atoms with E-state index in [2.05, 4.69) is 18.0 Å². The lowest BCUT2D eigenvalue weighted by molar-refractivity contribution is -0.157. The average Bonchev–Trinajstić information content (AvgIpc) is 2.78. The van der Waals surface area contributed by atoms with E-state index >= 15 is 0 Å². The zero-order valence-corrected chi connectivity index (χ0v) is 17.7. The Morgan fingerprint density at radius 2 is 1.87 bits per heavy atom. The molecule has 2 aromatic carbocycles. The first-order chi connectivity index (χ1) is 14.7. The van der Waals surface area contributed by atoms with Gasteiger partial charge in [-0.15, -0.1) is 0 Å². The summed E-state index contributed by atoms with van der Waals surface area (Å²) in [5, 5.41) is 1.08. The number of pyridine rings is 1. The number of aromatic nitrogens is 1. The van der Waals surface area contributed by atoms with Crippen LogP contribution in [0.1, 0.15) is 37.8 Å². The number of carbonyl (C=O) groups is 1. The van der Waals surface area contributed by atoms with Crippen molar-refractivity contribution in [1.29, 1.82) is 0 Å². The van der Waals surface area contributed by atoms with Crippen LogP contribution in [0.2, 0.25) is 0 Å². The SMILES string of the molecule is CCCCOC(=O)C(Cc1ccccc1OCc1cnc2ccccc2c1)OCC. The van der Waals surface area contributed by atoms with Crippen molar-refractivity contribution < 1.29 is 19.0 Å². The van der Waals surface area contributed by atoms with Gasteiger partial charge in [-0.1, -0.05) is 49.7 Å². The van der Waals surface area contributed by atoms with Crippen molar-refractivity contribution in [2.24, 2.45) is 0 Å².